The highest BCUT2D eigenvalue weighted by atomic mass is 16.6. The van der Waals surface area contributed by atoms with Gasteiger partial charge in [-0.1, -0.05) is 6.07 Å². The number of fused-ring (bicyclic) bond motifs is 1. The van der Waals surface area contributed by atoms with E-state index >= 15 is 0 Å². The Hall–Kier alpha value is -2.01. The fraction of sp³-hybridized carbons (Fsp3) is 0.609. The van der Waals surface area contributed by atoms with Crippen molar-refractivity contribution in [1.29, 1.82) is 0 Å². The number of hydrogen-bond acceptors (Lipinski definition) is 9. The lowest BCUT2D eigenvalue weighted by molar-refractivity contribution is -0.279. The maximum atomic E-state index is 12.4. The molecule has 0 spiro atoms. The third kappa shape index (κ3) is 3.83. The van der Waals surface area contributed by atoms with Crippen molar-refractivity contribution in [2.45, 2.75) is 56.8 Å². The van der Waals surface area contributed by atoms with E-state index in [1.54, 1.807) is 13.8 Å². The number of aliphatic hydroxyl groups excluding tert-OH is 3. The van der Waals surface area contributed by atoms with Crippen LogP contribution in [0.5, 0.6) is 0 Å². The van der Waals surface area contributed by atoms with Gasteiger partial charge in [-0.25, -0.2) is 4.79 Å². The van der Waals surface area contributed by atoms with Crippen LogP contribution in [0.1, 0.15) is 31.1 Å². The number of anilines is 1. The number of aliphatic hydroxyl groups is 3. The van der Waals surface area contributed by atoms with Crippen LogP contribution in [-0.2, 0) is 9.47 Å². The summed E-state index contributed by atoms with van der Waals surface area (Å²) >= 11 is 0. The molecule has 2 aliphatic heterocycles. The highest BCUT2D eigenvalue weighted by Crippen LogP contribution is 2.41. The first-order valence-electron chi connectivity index (χ1n) is 10.9. The van der Waals surface area contributed by atoms with E-state index in [9.17, 15) is 20.1 Å². The van der Waals surface area contributed by atoms with E-state index < -0.39 is 42.2 Å². The summed E-state index contributed by atoms with van der Waals surface area (Å²) in [6.45, 7) is 7.48. The van der Waals surface area contributed by atoms with Crippen LogP contribution in [0.3, 0.4) is 0 Å². The van der Waals surface area contributed by atoms with Gasteiger partial charge in [0.2, 0.25) is 0 Å². The first-order chi connectivity index (χ1) is 15.2. The first-order valence-corrected chi connectivity index (χ1v) is 10.9. The Labute approximate surface area is 186 Å². The number of piperazine rings is 1. The highest BCUT2D eigenvalue weighted by molar-refractivity contribution is 5.92. The second-order valence-corrected chi connectivity index (χ2v) is 9.06. The molecule has 2 saturated heterocycles. The lowest BCUT2D eigenvalue weighted by Crippen LogP contribution is -2.62. The Balaban J connectivity index is 1.80. The van der Waals surface area contributed by atoms with Crippen LogP contribution in [0, 0.1) is 6.92 Å². The van der Waals surface area contributed by atoms with Crippen LogP contribution in [0.25, 0.3) is 11.0 Å². The largest absolute Gasteiger partial charge is 0.422 e. The molecular weight excluding hydrogens is 416 g/mol. The minimum Gasteiger partial charge on any atom is -0.422 e. The van der Waals surface area contributed by atoms with Crippen molar-refractivity contribution in [3.05, 3.63) is 39.7 Å². The molecular formula is C23H32N2O7. The van der Waals surface area contributed by atoms with Crippen LogP contribution < -0.4 is 15.8 Å². The monoisotopic (exact) mass is 448 g/mol. The Morgan fingerprint density at radius 3 is 2.72 bits per heavy atom. The highest BCUT2D eigenvalue weighted by Gasteiger charge is 2.52. The quantitative estimate of drug-likeness (QED) is 0.494. The van der Waals surface area contributed by atoms with Gasteiger partial charge in [-0.3, -0.25) is 0 Å². The number of benzene rings is 1. The maximum Gasteiger partial charge on any atom is 0.338 e. The molecule has 9 heteroatoms. The van der Waals surface area contributed by atoms with Crippen molar-refractivity contribution in [3.63, 3.8) is 0 Å². The van der Waals surface area contributed by atoms with Crippen LogP contribution >= 0.6 is 0 Å². The summed E-state index contributed by atoms with van der Waals surface area (Å²) in [4.78, 5) is 14.6. The summed E-state index contributed by atoms with van der Waals surface area (Å²) in [5, 5.41) is 35.6. The number of nitrogens with one attached hydrogen (secondary N) is 1. The maximum absolute atomic E-state index is 12.4. The van der Waals surface area contributed by atoms with Crippen LogP contribution in [0.4, 0.5) is 5.69 Å². The van der Waals surface area contributed by atoms with Gasteiger partial charge in [0.25, 0.3) is 0 Å². The molecule has 9 nitrogen and oxygen atoms in total. The Morgan fingerprint density at radius 2 is 2.06 bits per heavy atom. The van der Waals surface area contributed by atoms with Gasteiger partial charge in [0.1, 0.15) is 35.6 Å². The fourth-order valence-corrected chi connectivity index (χ4v) is 4.99. The molecule has 2 fully saturated rings. The minimum absolute atomic E-state index is 0.295. The van der Waals surface area contributed by atoms with E-state index in [0.29, 0.717) is 22.8 Å². The molecule has 32 heavy (non-hydrogen) atoms. The number of methoxy groups -OCH3 is 1. The number of hydrogen-bond donors (Lipinski definition) is 4. The zero-order valence-electron chi connectivity index (χ0n) is 18.9. The predicted octanol–water partition coefficient (Wildman–Crippen LogP) is 0.459. The van der Waals surface area contributed by atoms with Gasteiger partial charge in [-0.15, -0.1) is 0 Å². The standard InChI is InChI=1S/C23H32N2O7/c1-12-10-25(8-7-24-12)16-9-17(27)31-20-13(2)14(5-6-15(16)20)21-18(28)19(29)22(30-4)23(3,11-26)32-21/h5-6,9,12,18-19,21-22,24,26,28-29H,7-8,10-11H2,1-4H3/t12?,18-,19-,21+,22-,23-/m1/s1. The molecule has 4 rings (SSSR count). The van der Waals surface area contributed by atoms with Crippen molar-refractivity contribution >= 4 is 16.7 Å². The molecule has 176 valence electrons. The normalized spacial score (nSPS) is 33.6. The second kappa shape index (κ2) is 8.74. The van der Waals surface area contributed by atoms with Crippen molar-refractivity contribution in [3.8, 4) is 0 Å². The molecule has 0 aliphatic carbocycles. The molecule has 2 aliphatic rings. The lowest BCUT2D eigenvalue weighted by atomic mass is 9.83. The average Bonchev–Trinajstić information content (AvgIpc) is 2.77. The third-order valence-corrected chi connectivity index (χ3v) is 6.73. The number of ether oxygens (including phenoxy) is 2. The van der Waals surface area contributed by atoms with Crippen molar-refractivity contribution in [1.82, 2.24) is 5.32 Å². The van der Waals surface area contributed by atoms with E-state index in [1.807, 2.05) is 12.1 Å². The molecule has 0 saturated carbocycles. The number of aryl methyl sites for hydroxylation is 1. The summed E-state index contributed by atoms with van der Waals surface area (Å²) in [7, 11) is 1.40. The van der Waals surface area contributed by atoms with Crippen molar-refractivity contribution in [2.75, 3.05) is 38.3 Å². The van der Waals surface area contributed by atoms with E-state index in [1.165, 1.54) is 13.2 Å². The SMILES string of the molecule is CO[C@@H]1[C@H](O)[C@@H](O)[C@H](c2ccc3c(N4CCNC(C)C4)cc(=O)oc3c2C)O[C@]1(C)CO. The molecule has 2 aromatic rings. The van der Waals surface area contributed by atoms with E-state index in [0.717, 1.165) is 30.7 Å². The topological polar surface area (TPSA) is 125 Å². The number of nitrogens with zero attached hydrogens (tertiary/aromatic N) is 1. The van der Waals surface area contributed by atoms with E-state index in [4.69, 9.17) is 13.9 Å². The average molecular weight is 449 g/mol. The Bertz CT molecular complexity index is 1040. The van der Waals surface area contributed by atoms with Crippen molar-refractivity contribution in [2.24, 2.45) is 0 Å². The number of rotatable bonds is 4. The summed E-state index contributed by atoms with van der Waals surface area (Å²) in [5.74, 6) is 0. The Kier molecular flexibility index (Phi) is 6.32. The van der Waals surface area contributed by atoms with Crippen molar-refractivity contribution < 1.29 is 29.2 Å². The van der Waals surface area contributed by atoms with Gasteiger partial charge in [-0.05, 0) is 38.0 Å². The molecule has 1 aromatic heterocycles. The van der Waals surface area contributed by atoms with Gasteiger partial charge in [0, 0.05) is 44.2 Å². The van der Waals surface area contributed by atoms with Gasteiger partial charge >= 0.3 is 5.63 Å². The third-order valence-electron chi connectivity index (χ3n) is 6.73. The summed E-state index contributed by atoms with van der Waals surface area (Å²) in [5.41, 5.74) is 0.761. The van der Waals surface area contributed by atoms with E-state index in [2.05, 4.69) is 17.1 Å². The molecule has 0 bridgehead atoms. The lowest BCUT2D eigenvalue weighted by Gasteiger charge is -2.48. The van der Waals surface area contributed by atoms with Crippen LogP contribution in [0.15, 0.2) is 27.4 Å². The summed E-state index contributed by atoms with van der Waals surface area (Å²) in [6.07, 6.45) is -4.41. The molecule has 4 N–H and O–H groups in total. The molecule has 1 aromatic carbocycles. The molecule has 1 unspecified atom stereocenters. The van der Waals surface area contributed by atoms with Crippen LogP contribution in [0.2, 0.25) is 0 Å². The molecule has 0 radical (unpaired) electrons. The van der Waals surface area contributed by atoms with E-state index in [-0.39, 0.29) is 0 Å². The smallest absolute Gasteiger partial charge is 0.338 e. The minimum atomic E-state index is -1.29. The van der Waals surface area contributed by atoms with Gasteiger partial charge in [0.15, 0.2) is 0 Å². The zero-order valence-corrected chi connectivity index (χ0v) is 18.9. The zero-order chi connectivity index (χ0) is 23.2. The summed E-state index contributed by atoms with van der Waals surface area (Å²) < 4.78 is 17.0. The Morgan fingerprint density at radius 1 is 1.31 bits per heavy atom. The van der Waals surface area contributed by atoms with Gasteiger partial charge in [0.05, 0.1) is 12.3 Å². The predicted molar refractivity (Wildman–Crippen MR) is 119 cm³/mol. The molecule has 0 amide bonds. The van der Waals surface area contributed by atoms with Crippen LogP contribution in [-0.4, -0.2) is 78.6 Å². The first kappa shape index (κ1) is 23.2. The summed E-state index contributed by atoms with van der Waals surface area (Å²) in [6, 6.07) is 5.48. The second-order valence-electron chi connectivity index (χ2n) is 9.06. The molecule has 6 atom stereocenters. The molecule has 3 heterocycles. The van der Waals surface area contributed by atoms with Gasteiger partial charge < -0.3 is 39.4 Å². The van der Waals surface area contributed by atoms with Gasteiger partial charge in [-0.2, -0.15) is 0 Å². The fourth-order valence-electron chi connectivity index (χ4n) is 4.99.